The second-order valence-corrected chi connectivity index (χ2v) is 15.1. The second kappa shape index (κ2) is 10.6. The molecule has 0 saturated carbocycles. The average Bonchev–Trinajstić information content (AvgIpc) is 2.34. The Labute approximate surface area is 131 Å². The summed E-state index contributed by atoms with van der Waals surface area (Å²) in [5.74, 6) is 0. The summed E-state index contributed by atoms with van der Waals surface area (Å²) in [7, 11) is 0.292. The maximum atomic E-state index is 2.48. The minimum Gasteiger partial charge on any atom is -1.00 e. The van der Waals surface area contributed by atoms with Crippen molar-refractivity contribution in [2.75, 3.05) is 19.5 Å². The molecule has 0 fully saturated rings. The van der Waals surface area contributed by atoms with Gasteiger partial charge < -0.3 is 37.2 Å². The fraction of sp³-hybridized carbons (Fsp3) is 0.636. The van der Waals surface area contributed by atoms with Crippen LogP contribution in [-0.4, -0.2) is 19.5 Å². The van der Waals surface area contributed by atoms with Gasteiger partial charge in [0.15, 0.2) is 0 Å². The summed E-state index contributed by atoms with van der Waals surface area (Å²) in [6, 6.07) is 0. The van der Waals surface area contributed by atoms with Gasteiger partial charge in [0.05, 0.1) is 0 Å². The van der Waals surface area contributed by atoms with E-state index in [1.807, 2.05) is 3.33 Å². The van der Waals surface area contributed by atoms with Gasteiger partial charge in [0.25, 0.3) is 0 Å². The van der Waals surface area contributed by atoms with Crippen LogP contribution in [0, 0.1) is 0 Å². The number of hydrogen-bond acceptors (Lipinski definition) is 0. The van der Waals surface area contributed by atoms with E-state index < -0.39 is 22.9 Å². The van der Waals surface area contributed by atoms with Gasteiger partial charge in [0.1, 0.15) is 0 Å². The van der Waals surface area contributed by atoms with Crippen LogP contribution in [-0.2, 0) is 22.9 Å². The SMILES string of the molecule is CP(C)C[C](C)(C)[Hf+3][C]1=CC=CC1.[Cl-].[Cl-].[Cl-]. The van der Waals surface area contributed by atoms with Gasteiger partial charge in [-0.1, -0.05) is 0 Å². The van der Waals surface area contributed by atoms with Gasteiger partial charge in [-0.3, -0.25) is 0 Å². The molecule has 0 aliphatic heterocycles. The number of hydrogen-bond donors (Lipinski definition) is 0. The van der Waals surface area contributed by atoms with E-state index in [0.29, 0.717) is 11.1 Å². The zero-order valence-corrected chi connectivity index (χ0v) is 17.0. The van der Waals surface area contributed by atoms with Crippen molar-refractivity contribution < 1.29 is 60.1 Å². The summed E-state index contributed by atoms with van der Waals surface area (Å²) in [5.41, 5.74) is 0. The van der Waals surface area contributed by atoms with Gasteiger partial charge in [-0.05, 0) is 0 Å². The topological polar surface area (TPSA) is 0 Å². The van der Waals surface area contributed by atoms with Crippen molar-refractivity contribution in [1.29, 1.82) is 0 Å². The van der Waals surface area contributed by atoms with Gasteiger partial charge in [-0.2, -0.15) is 0 Å². The Kier molecular flexibility index (Phi) is 15.0. The maximum absolute atomic E-state index is 2.48. The molecule has 0 aromatic carbocycles. The molecule has 0 radical (unpaired) electrons. The third kappa shape index (κ3) is 9.66. The first-order valence-corrected chi connectivity index (χ1v) is 10.8. The van der Waals surface area contributed by atoms with Crippen LogP contribution in [0.25, 0.3) is 0 Å². The fourth-order valence-corrected chi connectivity index (χ4v) is 12.3. The summed E-state index contributed by atoms with van der Waals surface area (Å²) < 4.78 is 2.51. The Morgan fingerprint density at radius 2 is 1.81 bits per heavy atom. The van der Waals surface area contributed by atoms with E-state index in [9.17, 15) is 0 Å². The molecular weight excluding hydrogens is 448 g/mol. The van der Waals surface area contributed by atoms with Crippen molar-refractivity contribution >= 4 is 7.92 Å². The Hall–Kier alpha value is 1.65. The molecule has 0 amide bonds. The Balaban J connectivity index is -0.000000563. The standard InChI is InChI=1S/C6H14P.C5H5.3ClH.Hf/c1-6(2)5-7(3)4;1-2-4-5-3-1;;;;/h5H2,1-4H3;1-3H,4H2;3*1H;/q;;;;;+3/p-3. The molecule has 93 valence electrons. The molecule has 0 nitrogen and oxygen atoms in total. The molecule has 1 rings (SSSR count). The van der Waals surface area contributed by atoms with Crippen molar-refractivity contribution in [2.45, 2.75) is 23.4 Å². The molecular formula is C11H19Cl3HfP. The van der Waals surface area contributed by atoms with Gasteiger partial charge in [-0.25, -0.2) is 0 Å². The van der Waals surface area contributed by atoms with Crippen molar-refractivity contribution in [3.8, 4) is 0 Å². The normalized spacial score (nSPS) is 13.2. The maximum Gasteiger partial charge on any atom is -1.00 e. The molecule has 0 spiro atoms. The van der Waals surface area contributed by atoms with Gasteiger partial charge in [0, 0.05) is 0 Å². The molecule has 0 aromatic rings. The molecule has 0 unspecified atom stereocenters. The summed E-state index contributed by atoms with van der Waals surface area (Å²) in [4.78, 5) is 0. The molecule has 0 aromatic heterocycles. The average molecular weight is 467 g/mol. The number of rotatable bonds is 4. The third-order valence-corrected chi connectivity index (χ3v) is 10.0. The van der Waals surface area contributed by atoms with Crippen LogP contribution in [0.15, 0.2) is 21.6 Å². The molecule has 0 atom stereocenters. The van der Waals surface area contributed by atoms with Gasteiger partial charge in [-0.15, -0.1) is 0 Å². The zero-order valence-electron chi connectivity index (χ0n) is 10.2. The molecule has 0 bridgehead atoms. The Morgan fingerprint density at radius 1 is 1.25 bits per heavy atom. The summed E-state index contributed by atoms with van der Waals surface area (Å²) >= 11 is -0.529. The predicted octanol–water partition coefficient (Wildman–Crippen LogP) is -5.14. The summed E-state index contributed by atoms with van der Waals surface area (Å²) in [6.07, 6.45) is 9.66. The minimum absolute atomic E-state index is 0. The summed E-state index contributed by atoms with van der Waals surface area (Å²) in [5, 5.41) is 0. The molecule has 0 saturated heterocycles. The van der Waals surface area contributed by atoms with E-state index in [2.05, 4.69) is 45.4 Å². The van der Waals surface area contributed by atoms with Crippen LogP contribution < -0.4 is 37.2 Å². The molecule has 5 heteroatoms. The quantitative estimate of drug-likeness (QED) is 0.287. The largest absolute Gasteiger partial charge is 1.00 e. The zero-order chi connectivity index (χ0) is 9.90. The number of allylic oxidation sites excluding steroid dienone is 4. The van der Waals surface area contributed by atoms with E-state index in [0.717, 1.165) is 0 Å². The monoisotopic (exact) mass is 467 g/mol. The van der Waals surface area contributed by atoms with Crippen LogP contribution in [0.3, 0.4) is 0 Å². The van der Waals surface area contributed by atoms with Crippen LogP contribution >= 0.6 is 7.92 Å². The smallest absolute Gasteiger partial charge is 1.00 e. The first-order valence-electron chi connectivity index (χ1n) is 4.78. The van der Waals surface area contributed by atoms with Crippen molar-refractivity contribution in [3.05, 3.63) is 21.6 Å². The second-order valence-electron chi connectivity index (χ2n) is 4.57. The van der Waals surface area contributed by atoms with Crippen molar-refractivity contribution in [1.82, 2.24) is 0 Å². The van der Waals surface area contributed by atoms with Crippen LogP contribution in [0.5, 0.6) is 0 Å². The molecule has 0 heterocycles. The molecule has 16 heavy (non-hydrogen) atoms. The minimum atomic E-state index is -0.529. The van der Waals surface area contributed by atoms with Crippen LogP contribution in [0.1, 0.15) is 20.3 Å². The van der Waals surface area contributed by atoms with Crippen LogP contribution in [0.4, 0.5) is 0 Å². The van der Waals surface area contributed by atoms with E-state index in [1.54, 1.807) is 0 Å². The first-order chi connectivity index (χ1) is 5.99. The van der Waals surface area contributed by atoms with Crippen LogP contribution in [0.2, 0.25) is 3.17 Å². The third-order valence-electron chi connectivity index (χ3n) is 1.98. The van der Waals surface area contributed by atoms with Crippen molar-refractivity contribution in [2.24, 2.45) is 0 Å². The molecule has 1 aliphatic rings. The van der Waals surface area contributed by atoms with E-state index in [1.165, 1.54) is 12.6 Å². The first kappa shape index (κ1) is 22.8. The fourth-order valence-electron chi connectivity index (χ4n) is 1.80. The van der Waals surface area contributed by atoms with E-state index in [4.69, 9.17) is 0 Å². The van der Waals surface area contributed by atoms with E-state index in [-0.39, 0.29) is 37.2 Å². The van der Waals surface area contributed by atoms with Gasteiger partial charge >= 0.3 is 95.3 Å². The molecule has 1 aliphatic carbocycles. The molecule has 0 N–H and O–H groups in total. The van der Waals surface area contributed by atoms with E-state index >= 15 is 0 Å². The Bertz CT molecular complexity index is 237. The van der Waals surface area contributed by atoms with Gasteiger partial charge in [0.2, 0.25) is 0 Å². The summed E-state index contributed by atoms with van der Waals surface area (Å²) in [6.45, 7) is 9.78. The predicted molar refractivity (Wildman–Crippen MR) is 59.5 cm³/mol. The Morgan fingerprint density at radius 3 is 2.19 bits per heavy atom. The van der Waals surface area contributed by atoms with Crippen molar-refractivity contribution in [3.63, 3.8) is 0 Å². The number of halogens is 3.